The third kappa shape index (κ3) is 2.72. The third-order valence-corrected chi connectivity index (χ3v) is 2.51. The first-order chi connectivity index (χ1) is 8.58. The van der Waals surface area contributed by atoms with Gasteiger partial charge in [-0.25, -0.2) is 15.8 Å². The van der Waals surface area contributed by atoms with E-state index in [-0.39, 0.29) is 5.56 Å². The fraction of sp³-hybridized carbons (Fsp3) is 0.250. The molecular formula is C12H15N5O. The van der Waals surface area contributed by atoms with Gasteiger partial charge in [0.2, 0.25) is 0 Å². The van der Waals surface area contributed by atoms with Crippen molar-refractivity contribution >= 4 is 5.82 Å². The summed E-state index contributed by atoms with van der Waals surface area (Å²) in [5, 5.41) is 0. The van der Waals surface area contributed by atoms with Gasteiger partial charge in [-0.05, 0) is 25.5 Å². The van der Waals surface area contributed by atoms with E-state index in [4.69, 9.17) is 5.84 Å². The number of nitrogens with one attached hydrogen (secondary N) is 1. The summed E-state index contributed by atoms with van der Waals surface area (Å²) < 4.78 is 1.56. The molecule has 0 saturated heterocycles. The zero-order chi connectivity index (χ0) is 13.1. The zero-order valence-electron chi connectivity index (χ0n) is 10.3. The van der Waals surface area contributed by atoms with Gasteiger partial charge in [-0.1, -0.05) is 0 Å². The molecule has 6 heteroatoms. The van der Waals surface area contributed by atoms with E-state index in [0.29, 0.717) is 18.2 Å². The minimum atomic E-state index is -0.0673. The summed E-state index contributed by atoms with van der Waals surface area (Å²) in [5.74, 6) is 6.41. The molecule has 2 rings (SSSR count). The van der Waals surface area contributed by atoms with Crippen LogP contribution in [0.15, 0.2) is 29.2 Å². The van der Waals surface area contributed by atoms with E-state index < -0.39 is 0 Å². The molecule has 3 N–H and O–H groups in total. The monoisotopic (exact) mass is 245 g/mol. The number of nitrogens with zero attached hydrogens (tertiary/aromatic N) is 3. The maximum atomic E-state index is 11.8. The highest BCUT2D eigenvalue weighted by Crippen LogP contribution is 2.05. The number of rotatable bonds is 3. The van der Waals surface area contributed by atoms with Crippen LogP contribution in [0.1, 0.15) is 17.1 Å². The molecule has 0 saturated carbocycles. The normalized spacial score (nSPS) is 10.4. The molecule has 0 aromatic carbocycles. The molecule has 6 nitrogen and oxygen atoms in total. The highest BCUT2D eigenvalue weighted by atomic mass is 16.1. The lowest BCUT2D eigenvalue weighted by atomic mass is 10.3. The second-order valence-electron chi connectivity index (χ2n) is 4.13. The van der Waals surface area contributed by atoms with Crippen LogP contribution in [0.4, 0.5) is 5.82 Å². The summed E-state index contributed by atoms with van der Waals surface area (Å²) in [6, 6.07) is 5.19. The fourth-order valence-corrected chi connectivity index (χ4v) is 1.66. The minimum absolute atomic E-state index is 0.0673. The van der Waals surface area contributed by atoms with Crippen molar-refractivity contribution in [3.05, 3.63) is 51.8 Å². The Kier molecular flexibility index (Phi) is 3.38. The van der Waals surface area contributed by atoms with Gasteiger partial charge in [0, 0.05) is 24.0 Å². The fourth-order valence-electron chi connectivity index (χ4n) is 1.66. The van der Waals surface area contributed by atoms with E-state index in [2.05, 4.69) is 15.4 Å². The molecule has 2 aromatic heterocycles. The second-order valence-corrected chi connectivity index (χ2v) is 4.13. The van der Waals surface area contributed by atoms with Crippen molar-refractivity contribution in [2.75, 3.05) is 5.43 Å². The average molecular weight is 245 g/mol. The van der Waals surface area contributed by atoms with Crippen molar-refractivity contribution in [1.29, 1.82) is 0 Å². The number of anilines is 1. The highest BCUT2D eigenvalue weighted by Gasteiger charge is 2.04. The minimum Gasteiger partial charge on any atom is -0.308 e. The average Bonchev–Trinajstić information content (AvgIpc) is 2.32. The second kappa shape index (κ2) is 4.97. The molecule has 0 bridgehead atoms. The summed E-state index contributed by atoms with van der Waals surface area (Å²) in [5.41, 5.74) is 4.15. The molecule has 2 aromatic rings. The van der Waals surface area contributed by atoms with Crippen molar-refractivity contribution in [1.82, 2.24) is 14.5 Å². The van der Waals surface area contributed by atoms with Gasteiger partial charge in [0.25, 0.3) is 5.56 Å². The lowest BCUT2D eigenvalue weighted by molar-refractivity contribution is 0.710. The summed E-state index contributed by atoms with van der Waals surface area (Å²) in [7, 11) is 0. The van der Waals surface area contributed by atoms with Crippen LogP contribution < -0.4 is 16.8 Å². The number of hydrazine groups is 1. The first-order valence-electron chi connectivity index (χ1n) is 5.57. The van der Waals surface area contributed by atoms with Crippen LogP contribution in [0.5, 0.6) is 0 Å². The molecule has 0 aliphatic rings. The van der Waals surface area contributed by atoms with Gasteiger partial charge >= 0.3 is 0 Å². The molecule has 0 aliphatic heterocycles. The van der Waals surface area contributed by atoms with Gasteiger partial charge in [0.15, 0.2) is 5.82 Å². The van der Waals surface area contributed by atoms with Crippen molar-refractivity contribution in [3.8, 4) is 0 Å². The smallest absolute Gasteiger partial charge is 0.251 e. The van der Waals surface area contributed by atoms with Gasteiger partial charge in [-0.2, -0.15) is 0 Å². The number of aryl methyl sites for hydroxylation is 2. The van der Waals surface area contributed by atoms with Crippen molar-refractivity contribution in [2.45, 2.75) is 20.4 Å². The Morgan fingerprint density at radius 2 is 2.11 bits per heavy atom. The summed E-state index contributed by atoms with van der Waals surface area (Å²) in [6.45, 7) is 4.06. The number of hydrogen-bond acceptors (Lipinski definition) is 5. The SMILES string of the molecule is Cc1ccn(Cc2nc(C)cc(NN)n2)c(=O)c1. The molecule has 0 atom stereocenters. The summed E-state index contributed by atoms with van der Waals surface area (Å²) >= 11 is 0. The van der Waals surface area contributed by atoms with Crippen LogP contribution in [0, 0.1) is 13.8 Å². The maximum Gasteiger partial charge on any atom is 0.251 e. The van der Waals surface area contributed by atoms with Crippen molar-refractivity contribution in [3.63, 3.8) is 0 Å². The first kappa shape index (κ1) is 12.3. The zero-order valence-corrected chi connectivity index (χ0v) is 10.3. The number of aromatic nitrogens is 3. The highest BCUT2D eigenvalue weighted by molar-refractivity contribution is 5.34. The van der Waals surface area contributed by atoms with Crippen LogP contribution in [-0.2, 0) is 6.54 Å². The maximum absolute atomic E-state index is 11.8. The van der Waals surface area contributed by atoms with Crippen molar-refractivity contribution in [2.24, 2.45) is 5.84 Å². The summed E-state index contributed by atoms with van der Waals surface area (Å²) in [4.78, 5) is 20.2. The number of hydrogen-bond donors (Lipinski definition) is 2. The Hall–Kier alpha value is -2.21. The Balaban J connectivity index is 2.33. The van der Waals surface area contributed by atoms with Gasteiger partial charge < -0.3 is 9.99 Å². The lowest BCUT2D eigenvalue weighted by Crippen LogP contribution is -2.21. The van der Waals surface area contributed by atoms with Crippen molar-refractivity contribution < 1.29 is 0 Å². The van der Waals surface area contributed by atoms with E-state index in [9.17, 15) is 4.79 Å². The number of nitrogen functional groups attached to an aromatic ring is 1. The van der Waals surface area contributed by atoms with E-state index in [1.807, 2.05) is 19.9 Å². The lowest BCUT2D eigenvalue weighted by Gasteiger charge is -2.07. The van der Waals surface area contributed by atoms with Gasteiger partial charge in [-0.15, -0.1) is 0 Å². The predicted octanol–water partition coefficient (Wildman–Crippen LogP) is 0.589. The Bertz CT molecular complexity index is 620. The molecule has 0 aliphatic carbocycles. The quantitative estimate of drug-likeness (QED) is 0.610. The van der Waals surface area contributed by atoms with E-state index in [1.165, 1.54) is 0 Å². The van der Waals surface area contributed by atoms with Crippen LogP contribution in [0.3, 0.4) is 0 Å². The number of pyridine rings is 1. The molecule has 0 fully saturated rings. The van der Waals surface area contributed by atoms with Gasteiger partial charge in [-0.3, -0.25) is 4.79 Å². The van der Waals surface area contributed by atoms with Crippen LogP contribution >= 0.6 is 0 Å². The molecule has 0 spiro atoms. The molecule has 94 valence electrons. The topological polar surface area (TPSA) is 85.8 Å². The van der Waals surface area contributed by atoms with E-state index >= 15 is 0 Å². The van der Waals surface area contributed by atoms with Crippen LogP contribution in [0.2, 0.25) is 0 Å². The molecule has 18 heavy (non-hydrogen) atoms. The van der Waals surface area contributed by atoms with E-state index in [0.717, 1.165) is 11.3 Å². The predicted molar refractivity (Wildman–Crippen MR) is 69.1 cm³/mol. The van der Waals surface area contributed by atoms with Crippen LogP contribution in [0.25, 0.3) is 0 Å². The number of nitrogens with two attached hydrogens (primary N) is 1. The van der Waals surface area contributed by atoms with Gasteiger partial charge in [0.1, 0.15) is 5.82 Å². The Morgan fingerprint density at radius 3 is 2.78 bits per heavy atom. The largest absolute Gasteiger partial charge is 0.308 e. The molecule has 0 radical (unpaired) electrons. The van der Waals surface area contributed by atoms with E-state index in [1.54, 1.807) is 22.9 Å². The first-order valence-corrected chi connectivity index (χ1v) is 5.57. The summed E-state index contributed by atoms with van der Waals surface area (Å²) in [6.07, 6.45) is 1.74. The molecule has 0 amide bonds. The molecule has 2 heterocycles. The Morgan fingerprint density at radius 1 is 1.33 bits per heavy atom. The standard InChI is InChI=1S/C12H15N5O/c1-8-3-4-17(12(18)5-8)7-11-14-9(2)6-10(15-11)16-13/h3-6H,7,13H2,1-2H3,(H,14,15,16). The van der Waals surface area contributed by atoms with Gasteiger partial charge in [0.05, 0.1) is 6.54 Å². The third-order valence-electron chi connectivity index (χ3n) is 2.51. The Labute approximate surface area is 104 Å². The molecule has 0 unspecified atom stereocenters. The molecular weight excluding hydrogens is 230 g/mol. The van der Waals surface area contributed by atoms with Crippen LogP contribution in [-0.4, -0.2) is 14.5 Å².